The number of carbonyl (C=O) groups is 1. The number of nitrogens with zero attached hydrogens (tertiary/aromatic N) is 2. The predicted octanol–water partition coefficient (Wildman–Crippen LogP) is 3.42. The van der Waals surface area contributed by atoms with E-state index in [4.69, 9.17) is 12.2 Å². The molecule has 1 unspecified atom stereocenters. The minimum Gasteiger partial charge on any atom is -0.360 e. The summed E-state index contributed by atoms with van der Waals surface area (Å²) in [6, 6.07) is 11.6. The van der Waals surface area contributed by atoms with Crippen LogP contribution in [0.1, 0.15) is 44.0 Å². The maximum Gasteiger partial charge on any atom is 0.224 e. The molecule has 7 heteroatoms. The summed E-state index contributed by atoms with van der Waals surface area (Å²) in [5, 5.41) is 7.13. The highest BCUT2D eigenvalue weighted by Gasteiger charge is 2.28. The number of rotatable bonds is 5. The maximum atomic E-state index is 13.4. The Balaban J connectivity index is 1.66. The van der Waals surface area contributed by atoms with Crippen molar-refractivity contribution in [3.8, 4) is 0 Å². The quantitative estimate of drug-likeness (QED) is 0.735. The maximum absolute atomic E-state index is 13.4. The molecule has 0 radical (unpaired) electrons. The summed E-state index contributed by atoms with van der Waals surface area (Å²) in [5.74, 6) is -0.398. The molecule has 2 N–H and O–H groups in total. The number of hydrogen-bond donors (Lipinski definition) is 2. The fraction of sp³-hybridized carbons (Fsp3) is 0.409. The Morgan fingerprint density at radius 3 is 2.41 bits per heavy atom. The van der Waals surface area contributed by atoms with Gasteiger partial charge in [-0.1, -0.05) is 18.2 Å². The number of thiocarbonyl (C=S) groups is 1. The summed E-state index contributed by atoms with van der Waals surface area (Å²) in [6.45, 7) is 5.61. The molecule has 2 aromatic rings. The minimum absolute atomic E-state index is 0.00707. The zero-order valence-corrected chi connectivity index (χ0v) is 17.6. The van der Waals surface area contributed by atoms with Crippen LogP contribution in [0.5, 0.6) is 0 Å². The average Bonchev–Trinajstić information content (AvgIpc) is 2.73. The third kappa shape index (κ3) is 5.73. The van der Waals surface area contributed by atoms with Crippen molar-refractivity contribution in [2.75, 3.05) is 13.1 Å². The Labute approximate surface area is 176 Å². The number of pyridine rings is 1. The number of piperidine rings is 1. The lowest BCUT2D eigenvalue weighted by atomic mass is 9.94. The van der Waals surface area contributed by atoms with Crippen LogP contribution in [-0.2, 0) is 4.79 Å². The molecule has 1 aromatic carbocycles. The molecule has 1 aromatic heterocycles. The summed E-state index contributed by atoms with van der Waals surface area (Å²) in [5.41, 5.74) is 1.53. The fourth-order valence-electron chi connectivity index (χ4n) is 3.47. The molecule has 2 heterocycles. The van der Waals surface area contributed by atoms with Gasteiger partial charge >= 0.3 is 0 Å². The molecule has 29 heavy (non-hydrogen) atoms. The van der Waals surface area contributed by atoms with Crippen molar-refractivity contribution in [2.24, 2.45) is 5.92 Å². The van der Waals surface area contributed by atoms with E-state index in [0.29, 0.717) is 6.04 Å². The van der Waals surface area contributed by atoms with Gasteiger partial charge in [-0.25, -0.2) is 4.39 Å². The van der Waals surface area contributed by atoms with Gasteiger partial charge in [0.25, 0.3) is 0 Å². The van der Waals surface area contributed by atoms with Crippen molar-refractivity contribution in [1.29, 1.82) is 0 Å². The van der Waals surface area contributed by atoms with Crippen LogP contribution in [0.25, 0.3) is 0 Å². The van der Waals surface area contributed by atoms with Crippen LogP contribution in [0, 0.1) is 11.7 Å². The van der Waals surface area contributed by atoms with E-state index in [0.717, 1.165) is 42.3 Å². The number of likely N-dealkylation sites (tertiary alicyclic amines) is 1. The Hall–Kier alpha value is -2.54. The van der Waals surface area contributed by atoms with Gasteiger partial charge in [-0.05, 0) is 68.7 Å². The molecule has 0 bridgehead atoms. The molecular weight excluding hydrogens is 387 g/mol. The molecule has 0 saturated carbocycles. The zero-order valence-electron chi connectivity index (χ0n) is 16.8. The van der Waals surface area contributed by atoms with Crippen LogP contribution in [0.2, 0.25) is 0 Å². The standard InChI is InChI=1S/C22H27FN4OS/c1-15(2)25-22(29)27-13-10-17(11-14-27)21(28)26-20(19-5-3-4-12-24-19)16-6-8-18(23)9-7-16/h3-9,12,15,17,20H,10-11,13-14H2,1-2H3,(H,25,29)(H,26,28). The van der Waals surface area contributed by atoms with Gasteiger partial charge in [0.15, 0.2) is 5.11 Å². The van der Waals surface area contributed by atoms with Crippen LogP contribution < -0.4 is 10.6 Å². The van der Waals surface area contributed by atoms with Crippen LogP contribution in [0.4, 0.5) is 4.39 Å². The molecule has 1 fully saturated rings. The summed E-state index contributed by atoms with van der Waals surface area (Å²) in [4.78, 5) is 19.5. The Morgan fingerprint density at radius 1 is 1.14 bits per heavy atom. The van der Waals surface area contributed by atoms with Crippen molar-refractivity contribution in [3.63, 3.8) is 0 Å². The van der Waals surface area contributed by atoms with E-state index in [2.05, 4.69) is 34.4 Å². The van der Waals surface area contributed by atoms with Gasteiger partial charge in [0.1, 0.15) is 5.82 Å². The van der Waals surface area contributed by atoms with E-state index in [1.807, 2.05) is 18.2 Å². The summed E-state index contributed by atoms with van der Waals surface area (Å²) < 4.78 is 13.4. The van der Waals surface area contributed by atoms with E-state index in [9.17, 15) is 9.18 Å². The highest BCUT2D eigenvalue weighted by Crippen LogP contribution is 2.24. The number of carbonyl (C=O) groups excluding carboxylic acids is 1. The third-order valence-electron chi connectivity index (χ3n) is 5.04. The van der Waals surface area contributed by atoms with Crippen molar-refractivity contribution in [3.05, 3.63) is 65.7 Å². The Morgan fingerprint density at radius 2 is 1.83 bits per heavy atom. The second-order valence-electron chi connectivity index (χ2n) is 7.61. The lowest BCUT2D eigenvalue weighted by Crippen LogP contribution is -2.48. The molecule has 5 nitrogen and oxygen atoms in total. The largest absolute Gasteiger partial charge is 0.360 e. The van der Waals surface area contributed by atoms with Crippen molar-refractivity contribution in [1.82, 2.24) is 20.5 Å². The van der Waals surface area contributed by atoms with Crippen molar-refractivity contribution >= 4 is 23.2 Å². The molecule has 1 amide bonds. The van der Waals surface area contributed by atoms with Gasteiger partial charge in [-0.3, -0.25) is 9.78 Å². The van der Waals surface area contributed by atoms with Crippen LogP contribution in [0.15, 0.2) is 48.7 Å². The first-order valence-electron chi connectivity index (χ1n) is 9.96. The molecule has 3 rings (SSSR count). The molecule has 154 valence electrons. The number of benzene rings is 1. The van der Waals surface area contributed by atoms with E-state index in [1.54, 1.807) is 18.3 Å². The van der Waals surface area contributed by atoms with Gasteiger partial charge in [0.2, 0.25) is 5.91 Å². The van der Waals surface area contributed by atoms with Crippen molar-refractivity contribution < 1.29 is 9.18 Å². The number of halogens is 1. The van der Waals surface area contributed by atoms with E-state index in [1.165, 1.54) is 12.1 Å². The predicted molar refractivity (Wildman–Crippen MR) is 116 cm³/mol. The summed E-state index contributed by atoms with van der Waals surface area (Å²) in [7, 11) is 0. The first-order chi connectivity index (χ1) is 13.9. The lowest BCUT2D eigenvalue weighted by molar-refractivity contribution is -0.126. The van der Waals surface area contributed by atoms with Crippen molar-refractivity contribution in [2.45, 2.75) is 38.8 Å². The minimum atomic E-state index is -0.411. The monoisotopic (exact) mass is 414 g/mol. The fourth-order valence-corrected chi connectivity index (χ4v) is 3.89. The first kappa shape index (κ1) is 21.2. The Bertz CT molecular complexity index is 820. The van der Waals surface area contributed by atoms with Gasteiger partial charge in [-0.15, -0.1) is 0 Å². The molecule has 0 aliphatic carbocycles. The topological polar surface area (TPSA) is 57.3 Å². The second kappa shape index (κ2) is 9.78. The number of aromatic nitrogens is 1. The highest BCUT2D eigenvalue weighted by atomic mass is 32.1. The van der Waals surface area contributed by atoms with Crippen LogP contribution >= 0.6 is 12.2 Å². The number of hydrogen-bond acceptors (Lipinski definition) is 3. The third-order valence-corrected chi connectivity index (χ3v) is 5.41. The van der Waals surface area contributed by atoms with Gasteiger partial charge in [0.05, 0.1) is 11.7 Å². The zero-order chi connectivity index (χ0) is 20.8. The second-order valence-corrected chi connectivity index (χ2v) is 8.00. The Kier molecular flexibility index (Phi) is 7.14. The van der Waals surface area contributed by atoms with E-state index in [-0.39, 0.29) is 17.6 Å². The number of nitrogens with one attached hydrogen (secondary N) is 2. The first-order valence-corrected chi connectivity index (χ1v) is 10.4. The highest BCUT2D eigenvalue weighted by molar-refractivity contribution is 7.80. The van der Waals surface area contributed by atoms with Gasteiger partial charge in [-0.2, -0.15) is 0 Å². The van der Waals surface area contributed by atoms with E-state index < -0.39 is 6.04 Å². The molecular formula is C22H27FN4OS. The SMILES string of the molecule is CC(C)NC(=S)N1CCC(C(=O)NC(c2ccc(F)cc2)c2ccccn2)CC1. The molecule has 1 aliphatic rings. The number of amides is 1. The summed E-state index contributed by atoms with van der Waals surface area (Å²) >= 11 is 5.44. The van der Waals surface area contributed by atoms with Crippen LogP contribution in [0.3, 0.4) is 0 Å². The normalized spacial score (nSPS) is 15.8. The molecule has 0 spiro atoms. The van der Waals surface area contributed by atoms with E-state index >= 15 is 0 Å². The molecule has 1 atom stereocenters. The van der Waals surface area contributed by atoms with Gasteiger partial charge in [0, 0.05) is 31.2 Å². The lowest BCUT2D eigenvalue weighted by Gasteiger charge is -2.34. The van der Waals surface area contributed by atoms with Gasteiger partial charge < -0.3 is 15.5 Å². The molecule has 1 aliphatic heterocycles. The van der Waals surface area contributed by atoms with Crippen LogP contribution in [-0.4, -0.2) is 40.0 Å². The average molecular weight is 415 g/mol. The smallest absolute Gasteiger partial charge is 0.224 e. The summed E-state index contributed by atoms with van der Waals surface area (Å²) in [6.07, 6.45) is 3.17. The molecule has 1 saturated heterocycles.